The molecule has 4 nitrogen and oxygen atoms in total. The van der Waals surface area contributed by atoms with E-state index in [1.165, 1.54) is 17.7 Å². The number of ether oxygens (including phenoxy) is 2. The Morgan fingerprint density at radius 1 is 1.15 bits per heavy atom. The van der Waals surface area contributed by atoms with Crippen molar-refractivity contribution in [3.05, 3.63) is 65.5 Å². The fraction of sp³-hybridized carbons (Fsp3) is 0.409. The van der Waals surface area contributed by atoms with Crippen LogP contribution in [-0.2, 0) is 17.7 Å². The van der Waals surface area contributed by atoms with Gasteiger partial charge in [0, 0.05) is 12.6 Å². The Morgan fingerprint density at radius 2 is 1.85 bits per heavy atom. The number of carbonyl (C=O) groups excluding carboxylic acids is 1. The van der Waals surface area contributed by atoms with Crippen molar-refractivity contribution in [2.45, 2.75) is 52.8 Å². The van der Waals surface area contributed by atoms with E-state index in [9.17, 15) is 9.18 Å². The van der Waals surface area contributed by atoms with E-state index in [-0.39, 0.29) is 30.7 Å². The van der Waals surface area contributed by atoms with Crippen molar-refractivity contribution in [2.75, 3.05) is 6.61 Å². The molecule has 0 N–H and O–H groups in total. The van der Waals surface area contributed by atoms with Crippen molar-refractivity contribution in [2.24, 2.45) is 0 Å². The van der Waals surface area contributed by atoms with Crippen LogP contribution in [0, 0.1) is 5.82 Å². The highest BCUT2D eigenvalue weighted by molar-refractivity contribution is 5.69. The molecule has 1 aliphatic heterocycles. The van der Waals surface area contributed by atoms with Gasteiger partial charge in [0.05, 0.1) is 12.1 Å². The zero-order valence-electron chi connectivity index (χ0n) is 16.4. The van der Waals surface area contributed by atoms with Gasteiger partial charge < -0.3 is 9.47 Å². The van der Waals surface area contributed by atoms with Crippen LogP contribution in [0.3, 0.4) is 0 Å². The third-order valence-corrected chi connectivity index (χ3v) is 4.16. The summed E-state index contributed by atoms with van der Waals surface area (Å²) in [5.41, 5.74) is 2.31. The third kappa shape index (κ3) is 5.71. The van der Waals surface area contributed by atoms with Crippen LogP contribution in [0.2, 0.25) is 0 Å². The number of nitrogens with zero attached hydrogens (tertiary/aromatic N) is 1. The lowest BCUT2D eigenvalue weighted by molar-refractivity contribution is 0.0462. The first-order chi connectivity index (χ1) is 13.0. The highest BCUT2D eigenvalue weighted by Gasteiger charge is 2.31. The first-order valence-corrected chi connectivity index (χ1v) is 9.45. The maximum Gasteiger partial charge on any atom is 0.410 e. The minimum absolute atomic E-state index is 0.163. The Labute approximate surface area is 160 Å². The molecule has 0 spiro atoms. The van der Waals surface area contributed by atoms with Crippen molar-refractivity contribution in [3.8, 4) is 5.75 Å². The van der Waals surface area contributed by atoms with Crippen molar-refractivity contribution in [1.29, 1.82) is 0 Å². The van der Waals surface area contributed by atoms with E-state index in [0.717, 1.165) is 5.56 Å². The van der Waals surface area contributed by atoms with Crippen molar-refractivity contribution in [1.82, 2.24) is 4.90 Å². The summed E-state index contributed by atoms with van der Waals surface area (Å²) >= 11 is 0. The van der Waals surface area contributed by atoms with Gasteiger partial charge in [-0.3, -0.25) is 4.90 Å². The molecule has 146 valence electrons. The highest BCUT2D eigenvalue weighted by Crippen LogP contribution is 2.25. The van der Waals surface area contributed by atoms with Crippen molar-refractivity contribution >= 4 is 6.09 Å². The average molecular weight is 373 g/mol. The first-order valence-electron chi connectivity index (χ1n) is 9.45. The molecule has 2 aromatic rings. The van der Waals surface area contributed by atoms with Gasteiger partial charge in [0.2, 0.25) is 0 Å². The van der Waals surface area contributed by atoms with Gasteiger partial charge in [0.1, 0.15) is 18.2 Å². The normalized spacial score (nSPS) is 15.5. The monoisotopic (exact) mass is 373 g/mol. The van der Waals surface area contributed by atoms with Gasteiger partial charge in [0.25, 0.3) is 0 Å². The predicted molar refractivity (Wildman–Crippen MR) is 104 cm³/mol. The van der Waals surface area contributed by atoms with E-state index in [0.29, 0.717) is 18.7 Å². The number of carbonyl (C=O) groups is 1. The number of halogens is 1. The third-order valence-electron chi connectivity index (χ3n) is 4.16. The fourth-order valence-electron chi connectivity index (χ4n) is 2.97. The zero-order valence-corrected chi connectivity index (χ0v) is 16.4. The molecule has 0 aromatic heterocycles. The molecule has 0 aliphatic carbocycles. The van der Waals surface area contributed by atoms with Crippen molar-refractivity contribution in [3.63, 3.8) is 0 Å². The summed E-state index contributed by atoms with van der Waals surface area (Å²) in [5.74, 6) is 0.110. The fourth-order valence-corrected chi connectivity index (χ4v) is 2.97. The average Bonchev–Trinajstić information content (AvgIpc) is 2.66. The molecule has 0 fully saturated rings. The molecule has 1 aliphatic rings. The van der Waals surface area contributed by atoms with E-state index >= 15 is 0 Å². The largest absolute Gasteiger partial charge is 0.491 e. The Balaban J connectivity index is 0.00000126. The summed E-state index contributed by atoms with van der Waals surface area (Å²) in [7, 11) is 0. The molecule has 0 bridgehead atoms. The molecule has 0 saturated heterocycles. The van der Waals surface area contributed by atoms with Crippen LogP contribution in [0.1, 0.15) is 38.8 Å². The van der Waals surface area contributed by atoms with Gasteiger partial charge in [-0.2, -0.15) is 0 Å². The smallest absolute Gasteiger partial charge is 0.410 e. The van der Waals surface area contributed by atoms with Crippen LogP contribution >= 0.6 is 0 Å². The first kappa shape index (κ1) is 20.7. The van der Waals surface area contributed by atoms with Crippen LogP contribution in [0.5, 0.6) is 5.75 Å². The van der Waals surface area contributed by atoms with Gasteiger partial charge in [-0.25, -0.2) is 9.18 Å². The SMILES string of the molecule is CC.CC(C)OC(=O)N1Cc2ccccc2CC1COc1cccc(F)c1. The van der Waals surface area contributed by atoms with Crippen LogP contribution < -0.4 is 4.74 Å². The van der Waals surface area contributed by atoms with E-state index in [4.69, 9.17) is 9.47 Å². The Kier molecular flexibility index (Phi) is 7.65. The molecular formula is C22H28FNO3. The molecule has 0 radical (unpaired) electrons. The van der Waals surface area contributed by atoms with Gasteiger partial charge in [-0.1, -0.05) is 44.2 Å². The van der Waals surface area contributed by atoms with E-state index in [2.05, 4.69) is 6.07 Å². The molecule has 1 heterocycles. The summed E-state index contributed by atoms with van der Waals surface area (Å²) in [4.78, 5) is 14.2. The van der Waals surface area contributed by atoms with Crippen LogP contribution in [0.4, 0.5) is 9.18 Å². The Bertz CT molecular complexity index is 748. The second-order valence-corrected chi connectivity index (χ2v) is 6.46. The number of rotatable bonds is 4. The second-order valence-electron chi connectivity index (χ2n) is 6.46. The summed E-state index contributed by atoms with van der Waals surface area (Å²) < 4.78 is 24.4. The van der Waals surface area contributed by atoms with Crippen molar-refractivity contribution < 1.29 is 18.7 Å². The summed E-state index contributed by atoms with van der Waals surface area (Å²) in [6, 6.07) is 13.9. The lowest BCUT2D eigenvalue weighted by atomic mass is 9.95. The number of amides is 1. The number of benzene rings is 2. The molecular weight excluding hydrogens is 345 g/mol. The summed E-state index contributed by atoms with van der Waals surface area (Å²) in [6.07, 6.45) is 0.144. The number of fused-ring (bicyclic) bond motifs is 1. The standard InChI is InChI=1S/C20H22FNO3.C2H6/c1-14(2)25-20(23)22-12-16-7-4-3-6-15(16)10-18(22)13-24-19-9-5-8-17(21)11-19;1-2/h3-9,11,14,18H,10,12-13H2,1-2H3;1-2H3. The Morgan fingerprint density at radius 3 is 2.52 bits per heavy atom. The van der Waals surface area contributed by atoms with Gasteiger partial charge in [-0.05, 0) is 43.5 Å². The van der Waals surface area contributed by atoms with Gasteiger partial charge in [-0.15, -0.1) is 0 Å². The van der Waals surface area contributed by atoms with Crippen LogP contribution in [-0.4, -0.2) is 29.7 Å². The molecule has 3 rings (SSSR count). The van der Waals surface area contributed by atoms with Gasteiger partial charge in [0.15, 0.2) is 0 Å². The lowest BCUT2D eigenvalue weighted by Gasteiger charge is -2.36. The molecule has 1 amide bonds. The van der Waals surface area contributed by atoms with Crippen LogP contribution in [0.25, 0.3) is 0 Å². The van der Waals surface area contributed by atoms with Crippen LogP contribution in [0.15, 0.2) is 48.5 Å². The topological polar surface area (TPSA) is 38.8 Å². The second kappa shape index (κ2) is 9.95. The highest BCUT2D eigenvalue weighted by atomic mass is 19.1. The summed E-state index contributed by atoms with van der Waals surface area (Å²) in [5, 5.41) is 0. The minimum atomic E-state index is -0.350. The van der Waals surface area contributed by atoms with E-state index in [1.807, 2.05) is 45.9 Å². The molecule has 2 aromatic carbocycles. The minimum Gasteiger partial charge on any atom is -0.491 e. The number of hydrogen-bond donors (Lipinski definition) is 0. The predicted octanol–water partition coefficient (Wildman–Crippen LogP) is 5.20. The zero-order chi connectivity index (χ0) is 19.8. The molecule has 5 heteroatoms. The number of hydrogen-bond acceptors (Lipinski definition) is 3. The Hall–Kier alpha value is -2.56. The molecule has 1 atom stereocenters. The summed E-state index contributed by atoms with van der Waals surface area (Å²) in [6.45, 7) is 8.42. The maximum absolute atomic E-state index is 13.3. The maximum atomic E-state index is 13.3. The van der Waals surface area contributed by atoms with E-state index < -0.39 is 0 Å². The lowest BCUT2D eigenvalue weighted by Crippen LogP contribution is -2.48. The van der Waals surface area contributed by atoms with Gasteiger partial charge >= 0.3 is 6.09 Å². The van der Waals surface area contributed by atoms with E-state index in [1.54, 1.807) is 17.0 Å². The molecule has 1 unspecified atom stereocenters. The molecule has 0 saturated carbocycles. The quantitative estimate of drug-likeness (QED) is 0.739. The molecule has 27 heavy (non-hydrogen) atoms.